The molecule has 1 aliphatic heterocycles. The summed E-state index contributed by atoms with van der Waals surface area (Å²) in [6.45, 7) is 6.16. The Morgan fingerprint density at radius 3 is 2.61 bits per heavy atom. The molecule has 0 aliphatic carbocycles. The number of hydrogen-bond donors (Lipinski definition) is 2. The van der Waals surface area contributed by atoms with E-state index in [9.17, 15) is 13.2 Å². The van der Waals surface area contributed by atoms with Crippen LogP contribution in [0.15, 0.2) is 33.7 Å². The lowest BCUT2D eigenvalue weighted by atomic mass is 10.3. The van der Waals surface area contributed by atoms with Crippen molar-refractivity contribution < 1.29 is 27.4 Å². The minimum atomic E-state index is -3.64. The molecule has 0 saturated carbocycles. The van der Waals surface area contributed by atoms with Gasteiger partial charge in [0, 0.05) is 19.1 Å². The van der Waals surface area contributed by atoms with Crippen LogP contribution in [0.2, 0.25) is 0 Å². The highest BCUT2D eigenvalue weighted by atomic mass is 32.2. The molecule has 1 amide bonds. The van der Waals surface area contributed by atoms with Crippen LogP contribution in [-0.4, -0.2) is 57.1 Å². The van der Waals surface area contributed by atoms with Crippen LogP contribution in [-0.2, 0) is 21.4 Å². The maximum atomic E-state index is 13.0. The van der Waals surface area contributed by atoms with Crippen LogP contribution >= 0.6 is 0 Å². The normalized spacial score (nSPS) is 16.1. The molecule has 0 bridgehead atoms. The standard InChI is InChI=1S/C18H24N4O5S/c1-13-10-15(20-27-13)12-21-6-8-22(9-7-21)28(24,25)16-4-5-17(19-14(2)23)18(11-16)26-3/h4-5,10-11H,6-9,12H2,1-3H3,(H,19,23)/p+1. The molecule has 28 heavy (non-hydrogen) atoms. The third-order valence-corrected chi connectivity index (χ3v) is 6.55. The molecular weight excluding hydrogens is 384 g/mol. The van der Waals surface area contributed by atoms with E-state index < -0.39 is 10.0 Å². The minimum Gasteiger partial charge on any atom is -0.495 e. The number of piperazine rings is 1. The van der Waals surface area contributed by atoms with Gasteiger partial charge in [0.05, 0.1) is 43.9 Å². The Labute approximate surface area is 164 Å². The minimum absolute atomic E-state index is 0.147. The summed E-state index contributed by atoms with van der Waals surface area (Å²) in [5, 5.41) is 6.63. The first kappa shape index (κ1) is 20.3. The summed E-state index contributed by atoms with van der Waals surface area (Å²) in [6.07, 6.45) is 0. The molecule has 1 aromatic carbocycles. The lowest BCUT2D eigenvalue weighted by Crippen LogP contribution is -3.13. The molecule has 1 aliphatic rings. The number of carbonyl (C=O) groups is 1. The second kappa shape index (κ2) is 8.29. The van der Waals surface area contributed by atoms with Crippen molar-refractivity contribution in [2.24, 2.45) is 0 Å². The van der Waals surface area contributed by atoms with Gasteiger partial charge in [0.1, 0.15) is 23.7 Å². The van der Waals surface area contributed by atoms with Gasteiger partial charge < -0.3 is 19.5 Å². The average Bonchev–Trinajstić information content (AvgIpc) is 3.06. The molecule has 2 N–H and O–H groups in total. The van der Waals surface area contributed by atoms with Gasteiger partial charge in [0.2, 0.25) is 15.9 Å². The SMILES string of the molecule is COc1cc(S(=O)(=O)N2CC[NH+](Cc3cc(C)on3)CC2)ccc1NC(C)=O. The highest BCUT2D eigenvalue weighted by Gasteiger charge is 2.31. The van der Waals surface area contributed by atoms with Gasteiger partial charge in [-0.2, -0.15) is 4.31 Å². The van der Waals surface area contributed by atoms with E-state index in [4.69, 9.17) is 9.26 Å². The first-order valence-corrected chi connectivity index (χ1v) is 10.4. The first-order valence-electron chi connectivity index (χ1n) is 9.01. The number of anilines is 1. The van der Waals surface area contributed by atoms with E-state index in [1.807, 2.05) is 13.0 Å². The fraction of sp³-hybridized carbons (Fsp3) is 0.444. The number of nitrogens with zero attached hydrogens (tertiary/aromatic N) is 2. The summed E-state index contributed by atoms with van der Waals surface area (Å²) in [5.74, 6) is 0.824. The largest absolute Gasteiger partial charge is 0.495 e. The zero-order valence-electron chi connectivity index (χ0n) is 16.2. The maximum absolute atomic E-state index is 13.0. The zero-order valence-corrected chi connectivity index (χ0v) is 17.0. The third-order valence-electron chi connectivity index (χ3n) is 4.66. The summed E-state index contributed by atoms with van der Waals surface area (Å²) >= 11 is 0. The van der Waals surface area contributed by atoms with Crippen LogP contribution in [0.4, 0.5) is 5.69 Å². The number of rotatable bonds is 6. The average molecular weight is 409 g/mol. The maximum Gasteiger partial charge on any atom is 0.243 e. The molecule has 1 aromatic heterocycles. The van der Waals surface area contributed by atoms with Crippen LogP contribution in [0, 0.1) is 6.92 Å². The van der Waals surface area contributed by atoms with E-state index in [-0.39, 0.29) is 10.8 Å². The number of aromatic nitrogens is 1. The van der Waals surface area contributed by atoms with Crippen LogP contribution in [0.5, 0.6) is 5.75 Å². The fourth-order valence-corrected chi connectivity index (χ4v) is 4.71. The van der Waals surface area contributed by atoms with Crippen molar-refractivity contribution in [2.45, 2.75) is 25.3 Å². The Morgan fingerprint density at radius 2 is 2.04 bits per heavy atom. The number of methoxy groups -OCH3 is 1. The molecular formula is C18H25N4O5S+. The molecule has 152 valence electrons. The number of aryl methyl sites for hydroxylation is 1. The molecule has 0 radical (unpaired) electrons. The number of hydrogen-bond acceptors (Lipinski definition) is 6. The topological polar surface area (TPSA) is 106 Å². The molecule has 0 atom stereocenters. The van der Waals surface area contributed by atoms with E-state index in [0.29, 0.717) is 44.2 Å². The van der Waals surface area contributed by atoms with Crippen LogP contribution in [0.1, 0.15) is 18.4 Å². The fourth-order valence-electron chi connectivity index (χ4n) is 3.25. The van der Waals surface area contributed by atoms with Crippen molar-refractivity contribution in [3.05, 3.63) is 35.7 Å². The molecule has 9 nitrogen and oxygen atoms in total. The Bertz CT molecular complexity index is 949. The van der Waals surface area contributed by atoms with Gasteiger partial charge in [-0.25, -0.2) is 8.42 Å². The lowest BCUT2D eigenvalue weighted by molar-refractivity contribution is -0.917. The van der Waals surface area contributed by atoms with Gasteiger partial charge in [0.25, 0.3) is 0 Å². The highest BCUT2D eigenvalue weighted by Crippen LogP contribution is 2.29. The number of sulfonamides is 1. The molecule has 0 unspecified atom stereocenters. The highest BCUT2D eigenvalue weighted by molar-refractivity contribution is 7.89. The third kappa shape index (κ3) is 4.51. The lowest BCUT2D eigenvalue weighted by Gasteiger charge is -2.31. The summed E-state index contributed by atoms with van der Waals surface area (Å²) < 4.78 is 37.8. The molecule has 1 fully saturated rings. The van der Waals surface area contributed by atoms with Crippen molar-refractivity contribution in [2.75, 3.05) is 38.6 Å². The first-order chi connectivity index (χ1) is 13.3. The van der Waals surface area contributed by atoms with E-state index in [2.05, 4.69) is 10.5 Å². The molecule has 2 aromatic rings. The van der Waals surface area contributed by atoms with Crippen molar-refractivity contribution in [3.63, 3.8) is 0 Å². The van der Waals surface area contributed by atoms with Gasteiger partial charge in [-0.3, -0.25) is 4.79 Å². The van der Waals surface area contributed by atoms with Crippen LogP contribution in [0.25, 0.3) is 0 Å². The number of nitrogens with one attached hydrogen (secondary N) is 2. The van der Waals surface area contributed by atoms with Crippen LogP contribution in [0.3, 0.4) is 0 Å². The van der Waals surface area contributed by atoms with Gasteiger partial charge in [-0.15, -0.1) is 0 Å². The molecule has 10 heteroatoms. The molecule has 0 spiro atoms. The van der Waals surface area contributed by atoms with Gasteiger partial charge in [-0.05, 0) is 19.1 Å². The van der Waals surface area contributed by atoms with Crippen molar-refractivity contribution in [1.29, 1.82) is 0 Å². The Hall–Kier alpha value is -2.43. The Balaban J connectivity index is 1.69. The monoisotopic (exact) mass is 409 g/mol. The van der Waals surface area contributed by atoms with E-state index >= 15 is 0 Å². The number of carbonyl (C=O) groups excluding carboxylic acids is 1. The molecule has 2 heterocycles. The molecule has 3 rings (SSSR count). The second-order valence-corrected chi connectivity index (χ2v) is 8.74. The second-order valence-electron chi connectivity index (χ2n) is 6.80. The predicted molar refractivity (Wildman–Crippen MR) is 102 cm³/mol. The van der Waals surface area contributed by atoms with E-state index in [1.54, 1.807) is 6.07 Å². The van der Waals surface area contributed by atoms with Gasteiger partial charge in [-0.1, -0.05) is 5.16 Å². The van der Waals surface area contributed by atoms with Crippen molar-refractivity contribution in [1.82, 2.24) is 9.46 Å². The van der Waals surface area contributed by atoms with Crippen LogP contribution < -0.4 is 15.0 Å². The van der Waals surface area contributed by atoms with Gasteiger partial charge >= 0.3 is 0 Å². The van der Waals surface area contributed by atoms with Crippen molar-refractivity contribution >= 4 is 21.6 Å². The van der Waals surface area contributed by atoms with Gasteiger partial charge in [0.15, 0.2) is 0 Å². The Morgan fingerprint density at radius 1 is 1.32 bits per heavy atom. The quantitative estimate of drug-likeness (QED) is 0.698. The summed E-state index contributed by atoms with van der Waals surface area (Å²) in [6, 6.07) is 6.37. The van der Waals surface area contributed by atoms with Crippen molar-refractivity contribution in [3.8, 4) is 5.75 Å². The van der Waals surface area contributed by atoms with E-state index in [1.165, 1.54) is 35.4 Å². The summed E-state index contributed by atoms with van der Waals surface area (Å²) in [7, 11) is -2.20. The Kier molecular flexibility index (Phi) is 6.01. The summed E-state index contributed by atoms with van der Waals surface area (Å²) in [4.78, 5) is 12.7. The number of ether oxygens (including phenoxy) is 1. The molecule has 1 saturated heterocycles. The number of quaternary nitrogens is 1. The van der Waals surface area contributed by atoms with E-state index in [0.717, 1.165) is 11.5 Å². The smallest absolute Gasteiger partial charge is 0.243 e. The summed E-state index contributed by atoms with van der Waals surface area (Å²) in [5.41, 5.74) is 1.31. The zero-order chi connectivity index (χ0) is 20.3. The predicted octanol–water partition coefficient (Wildman–Crippen LogP) is 0.0394. The number of amides is 1. The number of benzene rings is 1.